The van der Waals surface area contributed by atoms with Gasteiger partial charge in [0, 0.05) is 29.1 Å². The van der Waals surface area contributed by atoms with Gasteiger partial charge < -0.3 is 10.3 Å². The van der Waals surface area contributed by atoms with Crippen LogP contribution in [0.1, 0.15) is 57.9 Å². The second-order valence-electron chi connectivity index (χ2n) is 7.46. The van der Waals surface area contributed by atoms with Crippen LogP contribution in [-0.4, -0.2) is 16.4 Å². The molecule has 1 aliphatic carbocycles. The van der Waals surface area contributed by atoms with Crippen LogP contribution in [0.3, 0.4) is 0 Å². The van der Waals surface area contributed by atoms with Gasteiger partial charge in [0.15, 0.2) is 0 Å². The van der Waals surface area contributed by atoms with Crippen molar-refractivity contribution in [1.29, 1.82) is 0 Å². The number of amides is 1. The van der Waals surface area contributed by atoms with Gasteiger partial charge in [-0.2, -0.15) is 0 Å². The predicted molar refractivity (Wildman–Crippen MR) is 95.4 cm³/mol. The Bertz CT molecular complexity index is 665. The molecule has 2 N–H and O–H groups in total. The first-order valence-corrected chi connectivity index (χ1v) is 8.92. The third-order valence-corrected chi connectivity index (χ3v) is 5.38. The number of para-hydroxylation sites is 1. The molecule has 124 valence electrons. The molecule has 0 saturated heterocycles. The molecule has 1 aliphatic rings. The van der Waals surface area contributed by atoms with E-state index in [1.807, 2.05) is 18.3 Å². The fourth-order valence-corrected chi connectivity index (χ4v) is 3.93. The molecule has 3 heteroatoms. The molecule has 2 aromatic rings. The maximum atomic E-state index is 12.4. The van der Waals surface area contributed by atoms with E-state index in [0.29, 0.717) is 12.3 Å². The number of carbonyl (C=O) groups is 1. The summed E-state index contributed by atoms with van der Waals surface area (Å²) < 4.78 is 0. The maximum absolute atomic E-state index is 12.4. The van der Waals surface area contributed by atoms with Gasteiger partial charge in [0.1, 0.15) is 0 Å². The molecule has 1 amide bonds. The summed E-state index contributed by atoms with van der Waals surface area (Å²) in [4.78, 5) is 15.7. The molecule has 0 bridgehead atoms. The second-order valence-corrected chi connectivity index (χ2v) is 7.46. The van der Waals surface area contributed by atoms with E-state index >= 15 is 0 Å². The molecule has 0 atom stereocenters. The van der Waals surface area contributed by atoms with E-state index in [2.05, 4.69) is 36.3 Å². The van der Waals surface area contributed by atoms with Crippen molar-refractivity contribution in [2.75, 3.05) is 0 Å². The van der Waals surface area contributed by atoms with Crippen molar-refractivity contribution in [3.8, 4) is 0 Å². The molecule has 3 nitrogen and oxygen atoms in total. The van der Waals surface area contributed by atoms with Crippen LogP contribution in [0.4, 0.5) is 0 Å². The van der Waals surface area contributed by atoms with E-state index in [1.54, 1.807) is 0 Å². The number of aromatic nitrogens is 1. The lowest BCUT2D eigenvalue weighted by molar-refractivity contribution is -0.123. The normalized spacial score (nSPS) is 16.6. The Balaban J connectivity index is 1.56. The Morgan fingerprint density at radius 2 is 1.96 bits per heavy atom. The first-order chi connectivity index (χ1) is 11.1. The first kappa shape index (κ1) is 16.1. The summed E-state index contributed by atoms with van der Waals surface area (Å²) in [5, 5.41) is 4.52. The minimum absolute atomic E-state index is 0.0856. The van der Waals surface area contributed by atoms with Crippen molar-refractivity contribution in [2.24, 2.45) is 5.92 Å². The largest absolute Gasteiger partial charge is 0.361 e. The molecule has 0 spiro atoms. The number of nitrogens with one attached hydrogen (secondary N) is 2. The zero-order chi connectivity index (χ0) is 16.3. The Morgan fingerprint density at radius 3 is 2.74 bits per heavy atom. The van der Waals surface area contributed by atoms with Crippen molar-refractivity contribution in [3.63, 3.8) is 0 Å². The van der Waals surface area contributed by atoms with E-state index in [-0.39, 0.29) is 11.4 Å². The molecular formula is C20H28N2O. The lowest BCUT2D eigenvalue weighted by atomic mass is 9.76. The number of aromatic amines is 1. The highest BCUT2D eigenvalue weighted by Gasteiger charge is 2.31. The van der Waals surface area contributed by atoms with E-state index in [1.165, 1.54) is 43.1 Å². The van der Waals surface area contributed by atoms with E-state index in [9.17, 15) is 4.79 Å². The van der Waals surface area contributed by atoms with Crippen LogP contribution >= 0.6 is 0 Å². The summed E-state index contributed by atoms with van der Waals surface area (Å²) in [6.07, 6.45) is 9.82. The number of benzene rings is 1. The molecule has 0 unspecified atom stereocenters. The SMILES string of the molecule is CC(C)(NC(=O)CCc1c[nH]c2ccccc12)C1CCCCC1. The number of H-pyrrole nitrogens is 1. The minimum Gasteiger partial charge on any atom is -0.361 e. The fraction of sp³-hybridized carbons (Fsp3) is 0.550. The van der Waals surface area contributed by atoms with Crippen molar-refractivity contribution < 1.29 is 4.79 Å². The van der Waals surface area contributed by atoms with Crippen LogP contribution in [0.5, 0.6) is 0 Å². The van der Waals surface area contributed by atoms with Gasteiger partial charge in [0.25, 0.3) is 0 Å². The van der Waals surface area contributed by atoms with Gasteiger partial charge in [-0.1, -0.05) is 37.5 Å². The average molecular weight is 312 g/mol. The first-order valence-electron chi connectivity index (χ1n) is 8.92. The Kier molecular flexibility index (Phi) is 4.74. The van der Waals surface area contributed by atoms with Crippen LogP contribution in [0, 0.1) is 5.92 Å². The molecule has 23 heavy (non-hydrogen) atoms. The van der Waals surface area contributed by atoms with Gasteiger partial charge in [0.2, 0.25) is 5.91 Å². The summed E-state index contributed by atoms with van der Waals surface area (Å²) in [5.74, 6) is 0.791. The van der Waals surface area contributed by atoms with Gasteiger partial charge in [-0.25, -0.2) is 0 Å². The quantitative estimate of drug-likeness (QED) is 0.834. The van der Waals surface area contributed by atoms with Crippen molar-refractivity contribution in [3.05, 3.63) is 36.0 Å². The predicted octanol–water partition coefficient (Wildman–Crippen LogP) is 4.58. The van der Waals surface area contributed by atoms with Crippen LogP contribution < -0.4 is 5.32 Å². The Labute approximate surface area is 138 Å². The summed E-state index contributed by atoms with van der Waals surface area (Å²) in [6.45, 7) is 4.37. The van der Waals surface area contributed by atoms with E-state index in [4.69, 9.17) is 0 Å². The smallest absolute Gasteiger partial charge is 0.220 e. The van der Waals surface area contributed by atoms with Crippen LogP contribution in [0.25, 0.3) is 10.9 Å². The van der Waals surface area contributed by atoms with Crippen LogP contribution in [0.15, 0.2) is 30.5 Å². The standard InChI is InChI=1S/C20H28N2O/c1-20(2,16-8-4-3-5-9-16)22-19(23)13-12-15-14-21-18-11-7-6-10-17(15)18/h6-7,10-11,14,16,21H,3-5,8-9,12-13H2,1-2H3,(H,22,23). The summed E-state index contributed by atoms with van der Waals surface area (Å²) in [5.41, 5.74) is 2.29. The van der Waals surface area contributed by atoms with Gasteiger partial charge in [-0.3, -0.25) is 4.79 Å². The van der Waals surface area contributed by atoms with Crippen molar-refractivity contribution >= 4 is 16.8 Å². The summed E-state index contributed by atoms with van der Waals surface area (Å²) in [7, 11) is 0. The van der Waals surface area contributed by atoms with Crippen molar-refractivity contribution in [2.45, 2.75) is 64.3 Å². The summed E-state index contributed by atoms with van der Waals surface area (Å²) >= 11 is 0. The number of fused-ring (bicyclic) bond motifs is 1. The highest BCUT2D eigenvalue weighted by Crippen LogP contribution is 2.32. The lowest BCUT2D eigenvalue weighted by Gasteiger charge is -2.37. The highest BCUT2D eigenvalue weighted by atomic mass is 16.1. The number of hydrogen-bond acceptors (Lipinski definition) is 1. The monoisotopic (exact) mass is 312 g/mol. The fourth-order valence-electron chi connectivity index (χ4n) is 3.93. The van der Waals surface area contributed by atoms with Crippen LogP contribution in [0.2, 0.25) is 0 Å². The number of rotatable bonds is 5. The topological polar surface area (TPSA) is 44.9 Å². The van der Waals surface area contributed by atoms with E-state index in [0.717, 1.165) is 11.9 Å². The molecule has 1 fully saturated rings. The third-order valence-electron chi connectivity index (χ3n) is 5.38. The number of hydrogen-bond donors (Lipinski definition) is 2. The molecular weight excluding hydrogens is 284 g/mol. The lowest BCUT2D eigenvalue weighted by Crippen LogP contribution is -2.49. The molecule has 1 aromatic heterocycles. The maximum Gasteiger partial charge on any atom is 0.220 e. The molecule has 0 radical (unpaired) electrons. The Hall–Kier alpha value is -1.77. The molecule has 1 aromatic carbocycles. The Morgan fingerprint density at radius 1 is 1.22 bits per heavy atom. The van der Waals surface area contributed by atoms with Gasteiger partial charge >= 0.3 is 0 Å². The van der Waals surface area contributed by atoms with Gasteiger partial charge in [-0.15, -0.1) is 0 Å². The molecule has 1 heterocycles. The van der Waals surface area contributed by atoms with Crippen LogP contribution in [-0.2, 0) is 11.2 Å². The van der Waals surface area contributed by atoms with E-state index < -0.39 is 0 Å². The summed E-state index contributed by atoms with van der Waals surface area (Å²) in [6, 6.07) is 8.27. The number of carbonyl (C=O) groups excluding carboxylic acids is 1. The minimum atomic E-state index is -0.0856. The molecule has 3 rings (SSSR count). The molecule has 1 saturated carbocycles. The third kappa shape index (κ3) is 3.77. The average Bonchev–Trinajstić information content (AvgIpc) is 2.97. The zero-order valence-electron chi connectivity index (χ0n) is 14.3. The number of aryl methyl sites for hydroxylation is 1. The van der Waals surface area contributed by atoms with Gasteiger partial charge in [-0.05, 0) is 50.7 Å². The molecule has 0 aliphatic heterocycles. The highest BCUT2D eigenvalue weighted by molar-refractivity contribution is 5.84. The zero-order valence-corrected chi connectivity index (χ0v) is 14.3. The van der Waals surface area contributed by atoms with Crippen molar-refractivity contribution in [1.82, 2.24) is 10.3 Å². The second kappa shape index (κ2) is 6.77. The van der Waals surface area contributed by atoms with Gasteiger partial charge in [0.05, 0.1) is 0 Å².